The first kappa shape index (κ1) is 17.2. The Morgan fingerprint density at radius 2 is 2.08 bits per heavy atom. The lowest BCUT2D eigenvalue weighted by molar-refractivity contribution is 0.255. The molecule has 0 saturated carbocycles. The molecular formula is C18H26N4OS. The van der Waals surface area contributed by atoms with Gasteiger partial charge in [0.25, 0.3) is 0 Å². The van der Waals surface area contributed by atoms with E-state index in [1.165, 1.54) is 29.9 Å². The van der Waals surface area contributed by atoms with Crippen LogP contribution < -0.4 is 10.1 Å². The summed E-state index contributed by atoms with van der Waals surface area (Å²) in [6, 6.07) is 8.72. The van der Waals surface area contributed by atoms with Crippen molar-refractivity contribution in [2.75, 3.05) is 32.1 Å². The van der Waals surface area contributed by atoms with Gasteiger partial charge in [-0.1, -0.05) is 26.0 Å². The zero-order valence-corrected chi connectivity index (χ0v) is 15.5. The molecule has 0 amide bonds. The SMILES string of the molecule is COc1cccc(C(CNc2nc(C(C)C)ns2)N2CCCC2)c1. The second-order valence-electron chi connectivity index (χ2n) is 6.53. The van der Waals surface area contributed by atoms with E-state index in [9.17, 15) is 0 Å². The molecule has 2 heterocycles. The molecular weight excluding hydrogens is 320 g/mol. The minimum atomic E-state index is 0.328. The van der Waals surface area contributed by atoms with Crippen molar-refractivity contribution in [3.63, 3.8) is 0 Å². The van der Waals surface area contributed by atoms with Gasteiger partial charge in [0.1, 0.15) is 11.6 Å². The summed E-state index contributed by atoms with van der Waals surface area (Å²) in [4.78, 5) is 7.14. The van der Waals surface area contributed by atoms with Crippen molar-refractivity contribution >= 4 is 16.7 Å². The first-order valence-corrected chi connectivity index (χ1v) is 9.40. The maximum Gasteiger partial charge on any atom is 0.202 e. The van der Waals surface area contributed by atoms with Gasteiger partial charge in [0.2, 0.25) is 5.13 Å². The lowest BCUT2D eigenvalue weighted by Gasteiger charge is -2.28. The van der Waals surface area contributed by atoms with Crippen LogP contribution in [0.25, 0.3) is 0 Å². The van der Waals surface area contributed by atoms with Crippen molar-refractivity contribution in [3.05, 3.63) is 35.7 Å². The predicted octanol–water partition coefficient (Wildman–Crippen LogP) is 3.92. The highest BCUT2D eigenvalue weighted by atomic mass is 32.1. The number of methoxy groups -OCH3 is 1. The Balaban J connectivity index is 1.74. The molecule has 1 aromatic heterocycles. The van der Waals surface area contributed by atoms with Gasteiger partial charge in [0, 0.05) is 24.0 Å². The molecule has 0 radical (unpaired) electrons. The Hall–Kier alpha value is -1.66. The monoisotopic (exact) mass is 346 g/mol. The summed E-state index contributed by atoms with van der Waals surface area (Å²) in [5.41, 5.74) is 1.29. The fraction of sp³-hybridized carbons (Fsp3) is 0.556. The van der Waals surface area contributed by atoms with Crippen molar-refractivity contribution < 1.29 is 4.74 Å². The van der Waals surface area contributed by atoms with Crippen LogP contribution >= 0.6 is 11.5 Å². The summed E-state index contributed by atoms with van der Waals surface area (Å²) in [6.07, 6.45) is 2.55. The average molecular weight is 347 g/mol. The summed E-state index contributed by atoms with van der Waals surface area (Å²) in [6.45, 7) is 7.37. The topological polar surface area (TPSA) is 50.3 Å². The van der Waals surface area contributed by atoms with Crippen LogP contribution in [0.5, 0.6) is 5.75 Å². The number of nitrogens with one attached hydrogen (secondary N) is 1. The molecule has 2 aromatic rings. The molecule has 1 aromatic carbocycles. The van der Waals surface area contributed by atoms with Crippen LogP contribution in [0, 0.1) is 0 Å². The van der Waals surface area contributed by atoms with Crippen LogP contribution in [0.1, 0.15) is 50.0 Å². The second-order valence-corrected chi connectivity index (χ2v) is 7.28. The summed E-state index contributed by atoms with van der Waals surface area (Å²) in [7, 11) is 1.72. The van der Waals surface area contributed by atoms with E-state index in [2.05, 4.69) is 51.6 Å². The molecule has 3 rings (SSSR count). The Morgan fingerprint density at radius 1 is 1.29 bits per heavy atom. The first-order valence-electron chi connectivity index (χ1n) is 8.63. The van der Waals surface area contributed by atoms with Gasteiger partial charge < -0.3 is 10.1 Å². The number of likely N-dealkylation sites (tertiary alicyclic amines) is 1. The molecule has 1 atom stereocenters. The summed E-state index contributed by atoms with van der Waals surface area (Å²) >= 11 is 1.45. The zero-order valence-electron chi connectivity index (χ0n) is 14.7. The Morgan fingerprint density at radius 3 is 2.75 bits per heavy atom. The van der Waals surface area contributed by atoms with Crippen molar-refractivity contribution in [1.82, 2.24) is 14.3 Å². The third kappa shape index (κ3) is 4.05. The number of hydrogen-bond donors (Lipinski definition) is 1. The van der Waals surface area contributed by atoms with Gasteiger partial charge >= 0.3 is 0 Å². The summed E-state index contributed by atoms with van der Waals surface area (Å²) in [5, 5.41) is 4.40. The minimum Gasteiger partial charge on any atom is -0.497 e. The fourth-order valence-corrected chi connectivity index (χ4v) is 3.80. The molecule has 130 valence electrons. The molecule has 1 aliphatic rings. The van der Waals surface area contributed by atoms with Gasteiger partial charge in [-0.05, 0) is 43.6 Å². The standard InChI is InChI=1S/C18H26N4OS/c1-13(2)17-20-18(24-21-17)19-12-16(22-9-4-5-10-22)14-7-6-8-15(11-14)23-3/h6-8,11,13,16H,4-5,9-10,12H2,1-3H3,(H,19,20,21). The molecule has 1 N–H and O–H groups in total. The molecule has 0 aliphatic carbocycles. The quantitative estimate of drug-likeness (QED) is 0.823. The minimum absolute atomic E-state index is 0.328. The molecule has 1 unspecified atom stereocenters. The number of benzene rings is 1. The molecule has 6 heteroatoms. The van der Waals surface area contributed by atoms with E-state index >= 15 is 0 Å². The lowest BCUT2D eigenvalue weighted by atomic mass is 10.1. The number of rotatable bonds is 7. The lowest BCUT2D eigenvalue weighted by Crippen LogP contribution is -2.31. The molecule has 24 heavy (non-hydrogen) atoms. The highest BCUT2D eigenvalue weighted by Gasteiger charge is 2.24. The van der Waals surface area contributed by atoms with Crippen LogP contribution in [0.2, 0.25) is 0 Å². The van der Waals surface area contributed by atoms with E-state index in [1.807, 2.05) is 6.07 Å². The van der Waals surface area contributed by atoms with Gasteiger partial charge in [-0.25, -0.2) is 4.98 Å². The Labute approximate surface area is 148 Å². The number of nitrogens with zero attached hydrogens (tertiary/aromatic N) is 3. The van der Waals surface area contributed by atoms with Gasteiger partial charge in [-0.2, -0.15) is 4.37 Å². The maximum atomic E-state index is 5.40. The van der Waals surface area contributed by atoms with E-state index in [0.717, 1.165) is 36.3 Å². The number of anilines is 1. The molecule has 0 spiro atoms. The molecule has 0 bridgehead atoms. The third-order valence-electron chi connectivity index (χ3n) is 4.46. The largest absolute Gasteiger partial charge is 0.497 e. The summed E-state index contributed by atoms with van der Waals surface area (Å²) in [5.74, 6) is 2.20. The molecule has 1 fully saturated rings. The fourth-order valence-electron chi connectivity index (χ4n) is 3.08. The number of ether oxygens (including phenoxy) is 1. The van der Waals surface area contributed by atoms with E-state index in [4.69, 9.17) is 4.74 Å². The normalized spacial score (nSPS) is 16.5. The second kappa shape index (κ2) is 7.94. The molecule has 1 aliphatic heterocycles. The van der Waals surface area contributed by atoms with E-state index in [0.29, 0.717) is 12.0 Å². The molecule has 5 nitrogen and oxygen atoms in total. The highest BCUT2D eigenvalue weighted by molar-refractivity contribution is 7.09. The van der Waals surface area contributed by atoms with E-state index in [-0.39, 0.29) is 0 Å². The van der Waals surface area contributed by atoms with Gasteiger partial charge in [0.15, 0.2) is 0 Å². The Bertz CT molecular complexity index is 652. The first-order chi connectivity index (χ1) is 11.7. The van der Waals surface area contributed by atoms with Crippen molar-refractivity contribution in [1.29, 1.82) is 0 Å². The van der Waals surface area contributed by atoms with Crippen LogP contribution in [0.3, 0.4) is 0 Å². The molecule has 1 saturated heterocycles. The van der Waals surface area contributed by atoms with Crippen LogP contribution in [-0.4, -0.2) is 41.0 Å². The number of aromatic nitrogens is 2. The van der Waals surface area contributed by atoms with E-state index < -0.39 is 0 Å². The maximum absolute atomic E-state index is 5.40. The smallest absolute Gasteiger partial charge is 0.202 e. The number of hydrogen-bond acceptors (Lipinski definition) is 6. The third-order valence-corrected chi connectivity index (χ3v) is 5.15. The van der Waals surface area contributed by atoms with Gasteiger partial charge in [-0.15, -0.1) is 0 Å². The van der Waals surface area contributed by atoms with Crippen LogP contribution in [0.4, 0.5) is 5.13 Å². The highest BCUT2D eigenvalue weighted by Crippen LogP contribution is 2.28. The zero-order chi connectivity index (χ0) is 16.9. The predicted molar refractivity (Wildman–Crippen MR) is 99.0 cm³/mol. The van der Waals surface area contributed by atoms with Crippen molar-refractivity contribution in [2.45, 2.75) is 38.6 Å². The van der Waals surface area contributed by atoms with Crippen molar-refractivity contribution in [3.8, 4) is 5.75 Å². The summed E-state index contributed by atoms with van der Waals surface area (Å²) < 4.78 is 9.83. The Kier molecular flexibility index (Phi) is 5.68. The van der Waals surface area contributed by atoms with Gasteiger partial charge in [-0.3, -0.25) is 4.90 Å². The van der Waals surface area contributed by atoms with E-state index in [1.54, 1.807) is 7.11 Å². The van der Waals surface area contributed by atoms with Crippen molar-refractivity contribution in [2.24, 2.45) is 0 Å². The van der Waals surface area contributed by atoms with Gasteiger partial charge in [0.05, 0.1) is 13.2 Å². The average Bonchev–Trinajstić information content (AvgIpc) is 3.27. The van der Waals surface area contributed by atoms with Crippen LogP contribution in [0.15, 0.2) is 24.3 Å². The van der Waals surface area contributed by atoms with Crippen LogP contribution in [-0.2, 0) is 0 Å².